The molecule has 3 aromatic rings. The fourth-order valence-corrected chi connectivity index (χ4v) is 4.09. The molecule has 1 fully saturated rings. The van der Waals surface area contributed by atoms with Gasteiger partial charge in [-0.25, -0.2) is 9.07 Å². The summed E-state index contributed by atoms with van der Waals surface area (Å²) in [5.74, 6) is 0.821. The topological polar surface area (TPSA) is 76.2 Å². The van der Waals surface area contributed by atoms with Gasteiger partial charge in [-0.2, -0.15) is 5.10 Å². The lowest BCUT2D eigenvalue weighted by molar-refractivity contribution is 0.159. The number of likely N-dealkylation sites (tertiary alicyclic amines) is 1. The molecule has 0 amide bonds. The van der Waals surface area contributed by atoms with E-state index in [1.165, 1.54) is 16.8 Å². The molecule has 0 radical (unpaired) electrons. The predicted octanol–water partition coefficient (Wildman–Crippen LogP) is 3.39. The number of benzene rings is 1. The maximum absolute atomic E-state index is 13.4. The van der Waals surface area contributed by atoms with Gasteiger partial charge in [-0.1, -0.05) is 16.8 Å². The quantitative estimate of drug-likeness (QED) is 0.683. The van der Waals surface area contributed by atoms with E-state index in [-0.39, 0.29) is 28.4 Å². The van der Waals surface area contributed by atoms with E-state index in [1.807, 2.05) is 0 Å². The second-order valence-corrected chi connectivity index (χ2v) is 7.93. The zero-order chi connectivity index (χ0) is 20.5. The molecule has 0 spiro atoms. The van der Waals surface area contributed by atoms with E-state index in [4.69, 9.17) is 16.1 Å². The highest BCUT2D eigenvalue weighted by Gasteiger charge is 2.27. The van der Waals surface area contributed by atoms with E-state index < -0.39 is 0 Å². The van der Waals surface area contributed by atoms with Gasteiger partial charge in [-0.05, 0) is 45.0 Å². The molecule has 1 atom stereocenters. The Hall–Kier alpha value is -2.45. The molecule has 7 nitrogen and oxygen atoms in total. The van der Waals surface area contributed by atoms with E-state index in [1.54, 1.807) is 19.3 Å². The Kier molecular flexibility index (Phi) is 5.56. The van der Waals surface area contributed by atoms with Crippen molar-refractivity contribution >= 4 is 28.2 Å². The maximum atomic E-state index is 13.4. The van der Waals surface area contributed by atoms with Gasteiger partial charge in [0.1, 0.15) is 22.1 Å². The molecule has 29 heavy (non-hydrogen) atoms. The molecule has 9 heteroatoms. The third kappa shape index (κ3) is 4.00. The molecule has 3 heterocycles. The molecule has 1 N–H and O–H groups in total. The highest BCUT2D eigenvalue weighted by Crippen LogP contribution is 2.33. The lowest BCUT2D eigenvalue weighted by atomic mass is 9.91. The Bertz CT molecular complexity index is 1070. The van der Waals surface area contributed by atoms with Crippen LogP contribution in [0, 0.1) is 5.82 Å². The number of nitrogens with one attached hydrogen (secondary N) is 1. The first kappa shape index (κ1) is 19.8. The van der Waals surface area contributed by atoms with Crippen LogP contribution >= 0.6 is 11.6 Å². The SMILES string of the molecule is CC(CNc1cnn(C)c(=O)c1Cl)N1CCC(c2onc3cc(F)ccc23)CC1. The lowest BCUT2D eigenvalue weighted by Gasteiger charge is -2.35. The van der Waals surface area contributed by atoms with Gasteiger partial charge in [0.15, 0.2) is 0 Å². The van der Waals surface area contributed by atoms with Gasteiger partial charge in [0, 0.05) is 37.0 Å². The second kappa shape index (κ2) is 8.12. The van der Waals surface area contributed by atoms with Crippen molar-refractivity contribution in [2.75, 3.05) is 25.0 Å². The first-order chi connectivity index (χ1) is 13.9. The number of fused-ring (bicyclic) bond motifs is 1. The zero-order valence-electron chi connectivity index (χ0n) is 16.4. The molecular formula is C20H23ClFN5O2. The summed E-state index contributed by atoms with van der Waals surface area (Å²) in [6.07, 6.45) is 3.46. The van der Waals surface area contributed by atoms with Crippen molar-refractivity contribution in [1.29, 1.82) is 0 Å². The van der Waals surface area contributed by atoms with Crippen LogP contribution in [0.25, 0.3) is 10.9 Å². The number of piperidine rings is 1. The van der Waals surface area contributed by atoms with Gasteiger partial charge >= 0.3 is 0 Å². The van der Waals surface area contributed by atoms with Crippen LogP contribution in [-0.4, -0.2) is 45.5 Å². The van der Waals surface area contributed by atoms with Crippen molar-refractivity contribution in [2.45, 2.75) is 31.7 Å². The van der Waals surface area contributed by atoms with Gasteiger partial charge in [0.25, 0.3) is 5.56 Å². The number of hydrogen-bond acceptors (Lipinski definition) is 6. The van der Waals surface area contributed by atoms with Crippen LogP contribution in [0.4, 0.5) is 10.1 Å². The highest BCUT2D eigenvalue weighted by molar-refractivity contribution is 6.32. The average Bonchev–Trinajstić information content (AvgIpc) is 3.14. The van der Waals surface area contributed by atoms with E-state index in [2.05, 4.69) is 27.4 Å². The minimum atomic E-state index is -0.315. The summed E-state index contributed by atoms with van der Waals surface area (Å²) in [5, 5.41) is 12.3. The molecule has 1 unspecified atom stereocenters. The smallest absolute Gasteiger partial charge is 0.287 e. The van der Waals surface area contributed by atoms with E-state index in [0.29, 0.717) is 17.7 Å². The average molecular weight is 420 g/mol. The fourth-order valence-electron chi connectivity index (χ4n) is 3.85. The first-order valence-corrected chi connectivity index (χ1v) is 10.1. The third-order valence-electron chi connectivity index (χ3n) is 5.66. The number of anilines is 1. The van der Waals surface area contributed by atoms with Crippen LogP contribution in [0.3, 0.4) is 0 Å². The molecule has 1 aliphatic heterocycles. The number of aromatic nitrogens is 3. The Balaban J connectivity index is 1.35. The lowest BCUT2D eigenvalue weighted by Crippen LogP contribution is -2.42. The summed E-state index contributed by atoms with van der Waals surface area (Å²) in [6.45, 7) is 4.63. The van der Waals surface area contributed by atoms with Gasteiger partial charge < -0.3 is 9.84 Å². The van der Waals surface area contributed by atoms with Crippen LogP contribution in [0.2, 0.25) is 5.02 Å². The monoisotopic (exact) mass is 419 g/mol. The maximum Gasteiger partial charge on any atom is 0.287 e. The Morgan fingerprint density at radius 3 is 2.90 bits per heavy atom. The number of nitrogens with zero attached hydrogens (tertiary/aromatic N) is 4. The number of hydrogen-bond donors (Lipinski definition) is 1. The molecule has 0 bridgehead atoms. The molecular weight excluding hydrogens is 397 g/mol. The second-order valence-electron chi connectivity index (χ2n) is 7.55. The normalized spacial score (nSPS) is 17.0. The summed E-state index contributed by atoms with van der Waals surface area (Å²) < 4.78 is 20.1. The molecule has 154 valence electrons. The standard InChI is InChI=1S/C20H23ClFN5O2/c1-12(10-23-17-11-24-26(2)20(28)18(17)21)27-7-5-13(6-8-27)19-15-4-3-14(22)9-16(15)25-29-19/h3-4,9,11-13,23H,5-8,10H2,1-2H3. The summed E-state index contributed by atoms with van der Waals surface area (Å²) >= 11 is 6.11. The molecule has 1 aliphatic rings. The Morgan fingerprint density at radius 2 is 2.14 bits per heavy atom. The summed E-state index contributed by atoms with van der Waals surface area (Å²) in [7, 11) is 1.57. The molecule has 4 rings (SSSR count). The minimum absolute atomic E-state index is 0.155. The molecule has 1 saturated heterocycles. The van der Waals surface area contributed by atoms with Gasteiger partial charge in [-0.15, -0.1) is 0 Å². The number of rotatable bonds is 5. The van der Waals surface area contributed by atoms with Gasteiger partial charge in [0.05, 0.1) is 11.9 Å². The molecule has 0 aliphatic carbocycles. The highest BCUT2D eigenvalue weighted by atomic mass is 35.5. The summed E-state index contributed by atoms with van der Waals surface area (Å²) in [5.41, 5.74) is 0.806. The van der Waals surface area contributed by atoms with E-state index in [9.17, 15) is 9.18 Å². The van der Waals surface area contributed by atoms with Crippen molar-refractivity contribution in [3.05, 3.63) is 51.3 Å². The van der Waals surface area contributed by atoms with E-state index in [0.717, 1.165) is 37.1 Å². The fraction of sp³-hybridized carbons (Fsp3) is 0.450. The van der Waals surface area contributed by atoms with Crippen LogP contribution in [0.1, 0.15) is 31.4 Å². The van der Waals surface area contributed by atoms with E-state index >= 15 is 0 Å². The first-order valence-electron chi connectivity index (χ1n) is 9.68. The van der Waals surface area contributed by atoms with Crippen molar-refractivity contribution in [3.8, 4) is 0 Å². The van der Waals surface area contributed by atoms with Crippen LogP contribution in [-0.2, 0) is 7.05 Å². The zero-order valence-corrected chi connectivity index (χ0v) is 17.1. The molecule has 0 saturated carbocycles. The Labute approximate surface area is 172 Å². The molecule has 1 aromatic carbocycles. The van der Waals surface area contributed by atoms with Crippen molar-refractivity contribution in [3.63, 3.8) is 0 Å². The van der Waals surface area contributed by atoms with Crippen molar-refractivity contribution < 1.29 is 8.91 Å². The van der Waals surface area contributed by atoms with Crippen LogP contribution in [0.15, 0.2) is 33.7 Å². The summed E-state index contributed by atoms with van der Waals surface area (Å²) in [6, 6.07) is 4.86. The van der Waals surface area contributed by atoms with Crippen molar-refractivity contribution in [2.24, 2.45) is 7.05 Å². The Morgan fingerprint density at radius 1 is 1.38 bits per heavy atom. The predicted molar refractivity (Wildman–Crippen MR) is 110 cm³/mol. The molecule has 2 aromatic heterocycles. The number of aryl methyl sites for hydroxylation is 1. The van der Waals surface area contributed by atoms with Gasteiger partial charge in [-0.3, -0.25) is 9.69 Å². The summed E-state index contributed by atoms with van der Waals surface area (Å²) in [4.78, 5) is 14.3. The largest absolute Gasteiger partial charge is 0.381 e. The minimum Gasteiger partial charge on any atom is -0.381 e. The third-order valence-corrected chi connectivity index (χ3v) is 6.02. The van der Waals surface area contributed by atoms with Crippen molar-refractivity contribution in [1.82, 2.24) is 19.8 Å². The van der Waals surface area contributed by atoms with Crippen LogP contribution < -0.4 is 10.9 Å². The number of halogens is 2. The van der Waals surface area contributed by atoms with Gasteiger partial charge in [0.2, 0.25) is 0 Å². The van der Waals surface area contributed by atoms with Crippen LogP contribution in [0.5, 0.6) is 0 Å².